The van der Waals surface area contributed by atoms with Crippen molar-refractivity contribution >= 4 is 26.0 Å². The molecule has 3 atom stereocenters. The van der Waals surface area contributed by atoms with Crippen molar-refractivity contribution in [2.24, 2.45) is 17.6 Å². The predicted molar refractivity (Wildman–Crippen MR) is 88.3 cm³/mol. The number of nitrogens with two attached hydrogens (primary N) is 1. The number of hydrogen-bond donors (Lipinski definition) is 1. The molecule has 7 heteroatoms. The molecule has 0 spiro atoms. The number of fused-ring (bicyclic) bond motifs is 1. The molecular weight excluding hydrogens is 368 g/mol. The summed E-state index contributed by atoms with van der Waals surface area (Å²) in [6, 6.07) is 5.00. The molecule has 0 radical (unpaired) electrons. The summed E-state index contributed by atoms with van der Waals surface area (Å²) < 4.78 is 33.1. The number of benzene rings is 1. The Balaban J connectivity index is 1.86. The second kappa shape index (κ2) is 6.11. The lowest BCUT2D eigenvalue weighted by atomic mass is 9.78. The van der Waals surface area contributed by atoms with E-state index < -0.39 is 10.0 Å². The monoisotopic (exact) mass is 388 g/mol. The summed E-state index contributed by atoms with van der Waals surface area (Å²) in [4.78, 5) is 0.299. The number of rotatable bonds is 3. The third-order valence-corrected chi connectivity index (χ3v) is 7.33. The van der Waals surface area contributed by atoms with Crippen LogP contribution in [0, 0.1) is 11.8 Å². The van der Waals surface area contributed by atoms with Gasteiger partial charge in [-0.2, -0.15) is 4.31 Å². The first-order valence-corrected chi connectivity index (χ1v) is 9.76. The van der Waals surface area contributed by atoms with Crippen molar-refractivity contribution in [3.05, 3.63) is 22.7 Å². The smallest absolute Gasteiger partial charge is 0.243 e. The first-order valence-electron chi connectivity index (χ1n) is 7.52. The van der Waals surface area contributed by atoms with Gasteiger partial charge in [-0.15, -0.1) is 0 Å². The van der Waals surface area contributed by atoms with Crippen LogP contribution in [0.5, 0.6) is 5.75 Å². The summed E-state index contributed by atoms with van der Waals surface area (Å²) in [7, 11) is -1.92. The summed E-state index contributed by atoms with van der Waals surface area (Å²) in [6.07, 6.45) is 3.18. The van der Waals surface area contributed by atoms with Crippen LogP contribution in [0.2, 0.25) is 0 Å². The van der Waals surface area contributed by atoms with Gasteiger partial charge in [-0.3, -0.25) is 0 Å². The minimum Gasteiger partial charge on any atom is -0.496 e. The molecule has 3 unspecified atom stereocenters. The fourth-order valence-corrected chi connectivity index (χ4v) is 5.88. The Kier molecular flexibility index (Phi) is 4.51. The summed E-state index contributed by atoms with van der Waals surface area (Å²) in [5.74, 6) is 1.32. The van der Waals surface area contributed by atoms with Gasteiger partial charge in [0.2, 0.25) is 10.0 Å². The third-order valence-electron chi connectivity index (χ3n) is 4.88. The van der Waals surface area contributed by atoms with Crippen molar-refractivity contribution < 1.29 is 13.2 Å². The van der Waals surface area contributed by atoms with E-state index in [0.29, 0.717) is 40.0 Å². The number of ether oxygens (including phenoxy) is 1. The zero-order chi connectivity index (χ0) is 15.9. The van der Waals surface area contributed by atoms with Crippen LogP contribution in [-0.2, 0) is 10.0 Å². The van der Waals surface area contributed by atoms with Crippen LogP contribution in [0.4, 0.5) is 0 Å². The molecule has 2 N–H and O–H groups in total. The van der Waals surface area contributed by atoms with Crippen molar-refractivity contribution in [2.45, 2.75) is 30.2 Å². The Labute approximate surface area is 140 Å². The van der Waals surface area contributed by atoms with Crippen LogP contribution in [-0.4, -0.2) is 39.0 Å². The summed E-state index contributed by atoms with van der Waals surface area (Å²) >= 11 is 3.35. The van der Waals surface area contributed by atoms with E-state index in [1.165, 1.54) is 0 Å². The van der Waals surface area contributed by atoms with E-state index in [0.717, 1.165) is 19.3 Å². The minimum absolute atomic E-state index is 0.126. The summed E-state index contributed by atoms with van der Waals surface area (Å²) in [5.41, 5.74) is 6.18. The lowest BCUT2D eigenvalue weighted by Gasteiger charge is -2.29. The van der Waals surface area contributed by atoms with Crippen molar-refractivity contribution in [1.82, 2.24) is 4.31 Å². The van der Waals surface area contributed by atoms with Gasteiger partial charge in [0, 0.05) is 19.1 Å². The molecule has 122 valence electrons. The molecule has 1 aliphatic carbocycles. The molecule has 22 heavy (non-hydrogen) atoms. The first-order chi connectivity index (χ1) is 10.4. The quantitative estimate of drug-likeness (QED) is 0.861. The summed E-state index contributed by atoms with van der Waals surface area (Å²) in [6.45, 7) is 1.13. The molecule has 1 saturated heterocycles. The van der Waals surface area contributed by atoms with Crippen LogP contribution >= 0.6 is 15.9 Å². The van der Waals surface area contributed by atoms with E-state index in [-0.39, 0.29) is 6.04 Å². The maximum atomic E-state index is 12.9. The lowest BCUT2D eigenvalue weighted by molar-refractivity contribution is 0.260. The number of sulfonamides is 1. The maximum Gasteiger partial charge on any atom is 0.243 e. The zero-order valence-corrected chi connectivity index (χ0v) is 14.9. The van der Waals surface area contributed by atoms with Gasteiger partial charge in [0.05, 0.1) is 16.5 Å². The molecule has 2 fully saturated rings. The number of nitrogens with zero attached hydrogens (tertiary/aromatic N) is 1. The molecule has 0 amide bonds. The average Bonchev–Trinajstić information content (AvgIpc) is 2.93. The van der Waals surface area contributed by atoms with Gasteiger partial charge in [-0.1, -0.05) is 6.42 Å². The highest BCUT2D eigenvalue weighted by Crippen LogP contribution is 2.38. The van der Waals surface area contributed by atoms with E-state index in [1.54, 1.807) is 29.6 Å². The Morgan fingerprint density at radius 1 is 1.32 bits per heavy atom. The van der Waals surface area contributed by atoms with Crippen molar-refractivity contribution in [3.63, 3.8) is 0 Å². The molecule has 1 aromatic rings. The third kappa shape index (κ3) is 2.79. The van der Waals surface area contributed by atoms with E-state index in [2.05, 4.69) is 15.9 Å². The fourth-order valence-electron chi connectivity index (χ4n) is 3.63. The number of halogens is 1. The van der Waals surface area contributed by atoms with Gasteiger partial charge in [0.1, 0.15) is 5.75 Å². The number of hydrogen-bond acceptors (Lipinski definition) is 4. The molecule has 1 aromatic carbocycles. The predicted octanol–water partition coefficient (Wildman–Crippen LogP) is 2.21. The van der Waals surface area contributed by atoms with Crippen molar-refractivity contribution in [1.29, 1.82) is 0 Å². The Hall–Kier alpha value is -0.630. The Bertz CT molecular complexity index is 665. The second-order valence-electron chi connectivity index (χ2n) is 6.14. The first kappa shape index (κ1) is 16.2. The van der Waals surface area contributed by atoms with Crippen LogP contribution in [0.3, 0.4) is 0 Å². The molecule has 0 aromatic heterocycles. The molecule has 1 saturated carbocycles. The van der Waals surface area contributed by atoms with E-state index >= 15 is 0 Å². The van der Waals surface area contributed by atoms with E-state index in [1.807, 2.05) is 0 Å². The van der Waals surface area contributed by atoms with Crippen molar-refractivity contribution in [3.8, 4) is 5.75 Å². The van der Waals surface area contributed by atoms with Gasteiger partial charge in [0.25, 0.3) is 0 Å². The highest BCUT2D eigenvalue weighted by molar-refractivity contribution is 9.10. The van der Waals surface area contributed by atoms with Gasteiger partial charge in [-0.05, 0) is 58.8 Å². The van der Waals surface area contributed by atoms with E-state index in [4.69, 9.17) is 10.5 Å². The summed E-state index contributed by atoms with van der Waals surface area (Å²) in [5, 5.41) is 0. The van der Waals surface area contributed by atoms with Gasteiger partial charge in [-0.25, -0.2) is 8.42 Å². The zero-order valence-electron chi connectivity index (χ0n) is 12.5. The topological polar surface area (TPSA) is 72.6 Å². The molecule has 3 rings (SSSR count). The SMILES string of the molecule is COc1ccc(S(=O)(=O)N2CC3CCCC(N)C3C2)cc1Br. The minimum atomic E-state index is -3.48. The van der Waals surface area contributed by atoms with Crippen LogP contribution in [0.15, 0.2) is 27.6 Å². The van der Waals surface area contributed by atoms with Crippen LogP contribution < -0.4 is 10.5 Å². The number of methoxy groups -OCH3 is 1. The Morgan fingerprint density at radius 2 is 2.09 bits per heavy atom. The van der Waals surface area contributed by atoms with Gasteiger partial charge >= 0.3 is 0 Å². The van der Waals surface area contributed by atoms with Crippen molar-refractivity contribution in [2.75, 3.05) is 20.2 Å². The highest BCUT2D eigenvalue weighted by atomic mass is 79.9. The lowest BCUT2D eigenvalue weighted by Crippen LogP contribution is -2.38. The molecule has 5 nitrogen and oxygen atoms in total. The molecule has 1 aliphatic heterocycles. The van der Waals surface area contributed by atoms with E-state index in [9.17, 15) is 8.42 Å². The average molecular weight is 389 g/mol. The normalized spacial score (nSPS) is 29.3. The molecule has 2 aliphatic rings. The maximum absolute atomic E-state index is 12.9. The van der Waals surface area contributed by atoms with Crippen LogP contribution in [0.1, 0.15) is 19.3 Å². The van der Waals surface area contributed by atoms with Gasteiger partial charge in [0.15, 0.2) is 0 Å². The highest BCUT2D eigenvalue weighted by Gasteiger charge is 2.43. The largest absolute Gasteiger partial charge is 0.496 e. The molecular formula is C15H21BrN2O3S. The Morgan fingerprint density at radius 3 is 2.73 bits per heavy atom. The molecule has 0 bridgehead atoms. The standard InChI is InChI=1S/C15H21BrN2O3S/c1-21-15-6-5-11(7-13(15)16)22(19,20)18-8-10-3-2-4-14(17)12(10)9-18/h5-7,10,12,14H,2-4,8-9,17H2,1H3. The molecule has 1 heterocycles. The fraction of sp³-hybridized carbons (Fsp3) is 0.600. The van der Waals surface area contributed by atoms with Gasteiger partial charge < -0.3 is 10.5 Å². The second-order valence-corrected chi connectivity index (χ2v) is 8.93. The van der Waals surface area contributed by atoms with Crippen LogP contribution in [0.25, 0.3) is 0 Å².